The van der Waals surface area contributed by atoms with Crippen LogP contribution in [0.4, 0.5) is 0 Å². The van der Waals surface area contributed by atoms with E-state index in [0.717, 1.165) is 10.6 Å². The molecule has 21 heavy (non-hydrogen) atoms. The minimum absolute atomic E-state index is 0.266. The molecule has 0 amide bonds. The van der Waals surface area contributed by atoms with Crippen molar-refractivity contribution in [3.63, 3.8) is 0 Å². The normalized spacial score (nSPS) is 27.1. The van der Waals surface area contributed by atoms with Crippen LogP contribution in [0.1, 0.15) is 12.8 Å². The second-order valence-electron chi connectivity index (χ2n) is 6.11. The molecule has 2 aromatic carbocycles. The van der Waals surface area contributed by atoms with Crippen LogP contribution in [-0.4, -0.2) is 5.66 Å². The highest BCUT2D eigenvalue weighted by Crippen LogP contribution is 2.61. The summed E-state index contributed by atoms with van der Waals surface area (Å²) in [5.74, 6) is 0.975. The molecule has 2 aliphatic carbocycles. The van der Waals surface area contributed by atoms with Gasteiger partial charge in [-0.2, -0.15) is 0 Å². The third kappa shape index (κ3) is 1.95. The van der Waals surface area contributed by atoms with Gasteiger partial charge in [-0.15, -0.1) is 0 Å². The summed E-state index contributed by atoms with van der Waals surface area (Å²) in [4.78, 5) is 0. The molecule has 1 nitrogen and oxygen atoms in total. The average molecular weight is 294 g/mol. The van der Waals surface area contributed by atoms with E-state index in [9.17, 15) is 4.57 Å². The van der Waals surface area contributed by atoms with Crippen molar-refractivity contribution in [2.75, 3.05) is 0 Å². The molecule has 2 bridgehead atoms. The topological polar surface area (TPSA) is 17.1 Å². The molecular weight excluding hydrogens is 275 g/mol. The predicted octanol–water partition coefficient (Wildman–Crippen LogP) is 3.97. The van der Waals surface area contributed by atoms with Crippen molar-refractivity contribution in [3.8, 4) is 0 Å². The molecule has 1 fully saturated rings. The SMILES string of the molecule is O=P(c1ccccc1)(c1ccccc1)C1[C@@H]2C=C[C@H]1CC2. The molecule has 0 aromatic heterocycles. The van der Waals surface area contributed by atoms with E-state index in [1.165, 1.54) is 12.8 Å². The van der Waals surface area contributed by atoms with Crippen molar-refractivity contribution in [2.45, 2.75) is 18.5 Å². The molecule has 0 spiro atoms. The fraction of sp³-hybridized carbons (Fsp3) is 0.263. The Hall–Kier alpha value is -1.59. The molecule has 0 saturated heterocycles. The van der Waals surface area contributed by atoms with Crippen molar-refractivity contribution < 1.29 is 4.57 Å². The quantitative estimate of drug-likeness (QED) is 0.618. The Bertz CT molecular complexity index is 647. The van der Waals surface area contributed by atoms with Crippen LogP contribution >= 0.6 is 7.14 Å². The second kappa shape index (κ2) is 5.00. The summed E-state index contributed by atoms with van der Waals surface area (Å²) in [6.45, 7) is 0. The molecule has 0 radical (unpaired) electrons. The molecule has 2 aliphatic rings. The van der Waals surface area contributed by atoms with E-state index in [2.05, 4.69) is 12.2 Å². The molecular formula is C19H19OP. The van der Waals surface area contributed by atoms with Gasteiger partial charge in [0.2, 0.25) is 0 Å². The highest BCUT2D eigenvalue weighted by atomic mass is 31.2. The first-order valence-corrected chi connectivity index (χ1v) is 9.47. The van der Waals surface area contributed by atoms with Crippen molar-refractivity contribution in [2.24, 2.45) is 11.8 Å². The summed E-state index contributed by atoms with van der Waals surface area (Å²) < 4.78 is 14.2. The minimum Gasteiger partial charge on any atom is -0.313 e. The molecule has 3 atom stereocenters. The van der Waals surface area contributed by atoms with E-state index >= 15 is 0 Å². The lowest BCUT2D eigenvalue weighted by molar-refractivity contribution is 0.561. The van der Waals surface area contributed by atoms with E-state index in [4.69, 9.17) is 0 Å². The Morgan fingerprint density at radius 2 is 1.14 bits per heavy atom. The Morgan fingerprint density at radius 3 is 1.52 bits per heavy atom. The molecule has 106 valence electrons. The van der Waals surface area contributed by atoms with E-state index in [-0.39, 0.29) is 5.66 Å². The lowest BCUT2D eigenvalue weighted by atomic mass is 10.1. The molecule has 0 aliphatic heterocycles. The zero-order valence-corrected chi connectivity index (χ0v) is 12.8. The summed E-state index contributed by atoms with van der Waals surface area (Å²) in [6, 6.07) is 20.2. The first kappa shape index (κ1) is 13.1. The molecule has 2 heteroatoms. The fourth-order valence-corrected chi connectivity index (χ4v) is 7.87. The molecule has 2 aromatic rings. The number of allylic oxidation sites excluding steroid dienone is 2. The van der Waals surface area contributed by atoms with Gasteiger partial charge in [-0.1, -0.05) is 72.8 Å². The molecule has 0 N–H and O–H groups in total. The van der Waals surface area contributed by atoms with Crippen LogP contribution < -0.4 is 10.6 Å². The number of hydrogen-bond acceptors (Lipinski definition) is 1. The number of fused-ring (bicyclic) bond motifs is 2. The van der Waals surface area contributed by atoms with Gasteiger partial charge in [-0.05, 0) is 24.7 Å². The fourth-order valence-electron chi connectivity index (χ4n) is 4.08. The molecule has 1 saturated carbocycles. The number of rotatable bonds is 3. The predicted molar refractivity (Wildman–Crippen MR) is 88.9 cm³/mol. The highest BCUT2D eigenvalue weighted by molar-refractivity contribution is 7.79. The van der Waals surface area contributed by atoms with Gasteiger partial charge in [0.05, 0.1) is 0 Å². The Morgan fingerprint density at radius 1 is 0.714 bits per heavy atom. The van der Waals surface area contributed by atoms with E-state index in [1.54, 1.807) is 0 Å². The minimum atomic E-state index is -2.58. The van der Waals surface area contributed by atoms with Gasteiger partial charge in [0, 0.05) is 16.3 Å². The lowest BCUT2D eigenvalue weighted by Gasteiger charge is -2.29. The summed E-state index contributed by atoms with van der Waals surface area (Å²) in [6.07, 6.45) is 6.99. The average Bonchev–Trinajstić information content (AvgIpc) is 3.17. The number of benzene rings is 2. The maximum atomic E-state index is 14.2. The Balaban J connectivity index is 1.90. The monoisotopic (exact) mass is 294 g/mol. The first-order valence-electron chi connectivity index (χ1n) is 7.69. The van der Waals surface area contributed by atoms with Gasteiger partial charge >= 0.3 is 0 Å². The zero-order chi connectivity index (χ0) is 14.3. The van der Waals surface area contributed by atoms with Crippen LogP contribution in [0.2, 0.25) is 0 Å². The second-order valence-corrected chi connectivity index (χ2v) is 9.05. The van der Waals surface area contributed by atoms with Crippen molar-refractivity contribution in [3.05, 3.63) is 72.8 Å². The van der Waals surface area contributed by atoms with Crippen molar-refractivity contribution >= 4 is 17.8 Å². The van der Waals surface area contributed by atoms with E-state index in [0.29, 0.717) is 11.8 Å². The largest absolute Gasteiger partial charge is 0.313 e. The number of hydrogen-bond donors (Lipinski definition) is 0. The van der Waals surface area contributed by atoms with Gasteiger partial charge in [-0.25, -0.2) is 0 Å². The smallest absolute Gasteiger partial charge is 0.147 e. The van der Waals surface area contributed by atoms with Crippen LogP contribution in [0.25, 0.3) is 0 Å². The van der Waals surface area contributed by atoms with E-state index in [1.807, 2.05) is 60.7 Å². The van der Waals surface area contributed by atoms with Crippen LogP contribution in [0, 0.1) is 11.8 Å². The van der Waals surface area contributed by atoms with Gasteiger partial charge in [0.25, 0.3) is 0 Å². The lowest BCUT2D eigenvalue weighted by Crippen LogP contribution is -2.29. The summed E-state index contributed by atoms with van der Waals surface area (Å²) in [5, 5.41) is 2.03. The van der Waals surface area contributed by atoms with Gasteiger partial charge in [0.15, 0.2) is 0 Å². The molecule has 1 unspecified atom stereocenters. The first-order chi connectivity index (χ1) is 10.3. The summed E-state index contributed by atoms with van der Waals surface area (Å²) in [5.41, 5.74) is 0.266. The standard InChI is InChI=1S/C19H19OP/c20-21(17-7-3-1-4-8-17,18-9-5-2-6-10-18)19-15-11-12-16(19)14-13-15/h1-12,15-16,19H,13-14H2/t15-,16+,19?. The highest BCUT2D eigenvalue weighted by Gasteiger charge is 2.49. The summed E-state index contributed by atoms with van der Waals surface area (Å²) in [7, 11) is -2.58. The van der Waals surface area contributed by atoms with Crippen molar-refractivity contribution in [1.29, 1.82) is 0 Å². The van der Waals surface area contributed by atoms with Crippen LogP contribution in [0.3, 0.4) is 0 Å². The van der Waals surface area contributed by atoms with Crippen LogP contribution in [0.15, 0.2) is 72.8 Å². The Kier molecular flexibility index (Phi) is 3.12. The maximum Gasteiger partial charge on any atom is 0.147 e. The van der Waals surface area contributed by atoms with Crippen LogP contribution in [0.5, 0.6) is 0 Å². The third-order valence-corrected chi connectivity index (χ3v) is 8.75. The third-order valence-electron chi connectivity index (χ3n) is 5.02. The molecule has 0 heterocycles. The van der Waals surface area contributed by atoms with Crippen molar-refractivity contribution in [1.82, 2.24) is 0 Å². The van der Waals surface area contributed by atoms with Gasteiger partial charge in [-0.3, -0.25) is 0 Å². The maximum absolute atomic E-state index is 14.2. The summed E-state index contributed by atoms with van der Waals surface area (Å²) >= 11 is 0. The van der Waals surface area contributed by atoms with Gasteiger partial charge in [0.1, 0.15) is 7.14 Å². The van der Waals surface area contributed by atoms with Crippen LogP contribution in [-0.2, 0) is 4.57 Å². The zero-order valence-electron chi connectivity index (χ0n) is 11.9. The molecule has 4 rings (SSSR count). The van der Waals surface area contributed by atoms with Gasteiger partial charge < -0.3 is 4.57 Å². The van der Waals surface area contributed by atoms with E-state index < -0.39 is 7.14 Å². The Labute approximate surface area is 126 Å².